The van der Waals surface area contributed by atoms with Crippen molar-refractivity contribution in [3.05, 3.63) is 65.1 Å². The molecule has 0 bridgehead atoms. The third-order valence-corrected chi connectivity index (χ3v) is 6.81. The van der Waals surface area contributed by atoms with Crippen LogP contribution in [-0.2, 0) is 19.5 Å². The van der Waals surface area contributed by atoms with E-state index >= 15 is 4.39 Å². The fourth-order valence-electron chi connectivity index (χ4n) is 3.39. The normalized spacial score (nSPS) is 13.5. The van der Waals surface area contributed by atoms with Crippen molar-refractivity contribution in [1.82, 2.24) is 24.9 Å². The van der Waals surface area contributed by atoms with Crippen molar-refractivity contribution in [3.8, 4) is 16.8 Å². The molecule has 2 N–H and O–H groups in total. The Kier molecular flexibility index (Phi) is 6.04. The second-order valence-electron chi connectivity index (χ2n) is 6.68. The summed E-state index contributed by atoms with van der Waals surface area (Å²) < 4.78 is 40.6. The smallest absolute Gasteiger partial charge is 0.263 e. The number of rotatable bonds is 7. The molecule has 2 heterocycles. The summed E-state index contributed by atoms with van der Waals surface area (Å²) in [5.74, 6) is -2.03. The number of sulfone groups is 1. The summed E-state index contributed by atoms with van der Waals surface area (Å²) in [6.45, 7) is 0.529. The highest BCUT2D eigenvalue weighted by Crippen LogP contribution is 2.29. The van der Waals surface area contributed by atoms with Gasteiger partial charge in [-0.25, -0.2) is 12.8 Å². The molecule has 3 aromatic rings. The zero-order chi connectivity index (χ0) is 22.8. The number of hydrogen-bond donors (Lipinski definition) is 2. The standard InChI is InChI=1S/C19H20FN5O5S/c1-3-19(31(2,29)30,18(28)21-12-26)24-11-16(20)15(10-17(24)27)13-4-6-14(7-5-13)25-22-8-9-23-25/h4-11,26H,3,12H2,1-2H3,(H,21,28)/t19-/m1/s1. The van der Waals surface area contributed by atoms with E-state index in [1.165, 1.54) is 24.1 Å². The number of hydrogen-bond acceptors (Lipinski definition) is 7. The van der Waals surface area contributed by atoms with Gasteiger partial charge in [0.25, 0.3) is 11.5 Å². The van der Waals surface area contributed by atoms with Gasteiger partial charge in [0.05, 0.1) is 18.1 Å². The Morgan fingerprint density at radius 2 is 1.84 bits per heavy atom. The SMILES string of the molecule is CC[C@@](C(=O)NCO)(n1cc(F)c(-c2ccc(-n3nccn3)cc2)cc1=O)S(C)(=O)=O. The van der Waals surface area contributed by atoms with Gasteiger partial charge >= 0.3 is 0 Å². The van der Waals surface area contributed by atoms with Crippen LogP contribution in [0, 0.1) is 5.82 Å². The first-order valence-electron chi connectivity index (χ1n) is 9.14. The Balaban J connectivity index is 2.13. The van der Waals surface area contributed by atoms with Crippen molar-refractivity contribution in [1.29, 1.82) is 0 Å². The summed E-state index contributed by atoms with van der Waals surface area (Å²) in [6, 6.07) is 7.30. The van der Waals surface area contributed by atoms with Crippen molar-refractivity contribution in [3.63, 3.8) is 0 Å². The highest BCUT2D eigenvalue weighted by Gasteiger charge is 2.49. The van der Waals surface area contributed by atoms with Gasteiger partial charge in [0.2, 0.25) is 4.87 Å². The molecule has 0 aliphatic rings. The van der Waals surface area contributed by atoms with Gasteiger partial charge < -0.3 is 10.4 Å². The Labute approximate surface area is 176 Å². The lowest BCUT2D eigenvalue weighted by Crippen LogP contribution is -2.56. The molecular formula is C19H20FN5O5S. The molecule has 31 heavy (non-hydrogen) atoms. The summed E-state index contributed by atoms with van der Waals surface area (Å²) in [7, 11) is -4.24. The quantitative estimate of drug-likeness (QED) is 0.499. The zero-order valence-corrected chi connectivity index (χ0v) is 17.5. The number of benzene rings is 1. The van der Waals surface area contributed by atoms with Crippen LogP contribution in [0.5, 0.6) is 0 Å². The van der Waals surface area contributed by atoms with Gasteiger partial charge in [-0.1, -0.05) is 19.1 Å². The molecule has 0 saturated heterocycles. The highest BCUT2D eigenvalue weighted by molar-refractivity contribution is 7.92. The molecule has 12 heteroatoms. The molecule has 2 aromatic heterocycles. The lowest BCUT2D eigenvalue weighted by molar-refractivity contribution is -0.127. The molecule has 0 fully saturated rings. The Morgan fingerprint density at radius 3 is 2.35 bits per heavy atom. The minimum absolute atomic E-state index is 0.0673. The summed E-state index contributed by atoms with van der Waals surface area (Å²) in [6.07, 6.45) is 4.11. The molecule has 0 saturated carbocycles. The van der Waals surface area contributed by atoms with E-state index in [0.29, 0.717) is 22.0 Å². The van der Waals surface area contributed by atoms with Crippen molar-refractivity contribution < 1.29 is 22.7 Å². The largest absolute Gasteiger partial charge is 0.376 e. The first-order chi connectivity index (χ1) is 14.7. The minimum atomic E-state index is -4.24. The molecule has 3 rings (SSSR count). The molecule has 0 radical (unpaired) electrons. The topological polar surface area (TPSA) is 136 Å². The maximum Gasteiger partial charge on any atom is 0.263 e. The van der Waals surface area contributed by atoms with Crippen LogP contribution in [0.3, 0.4) is 0 Å². The fraction of sp³-hybridized carbons (Fsp3) is 0.263. The van der Waals surface area contributed by atoms with Crippen LogP contribution in [0.1, 0.15) is 13.3 Å². The van der Waals surface area contributed by atoms with Crippen molar-refractivity contribution in [2.75, 3.05) is 13.0 Å². The predicted octanol–water partition coefficient (Wildman–Crippen LogP) is 0.408. The summed E-state index contributed by atoms with van der Waals surface area (Å²) in [5.41, 5.74) is 0.0149. The van der Waals surface area contributed by atoms with Crippen molar-refractivity contribution >= 4 is 15.7 Å². The molecule has 10 nitrogen and oxygen atoms in total. The van der Waals surface area contributed by atoms with E-state index in [1.54, 1.807) is 24.3 Å². The maximum absolute atomic E-state index is 15.0. The van der Waals surface area contributed by atoms with E-state index in [2.05, 4.69) is 10.2 Å². The lowest BCUT2D eigenvalue weighted by Gasteiger charge is -2.31. The van der Waals surface area contributed by atoms with Gasteiger partial charge in [-0.05, 0) is 24.1 Å². The molecular weight excluding hydrogens is 429 g/mol. The molecule has 0 unspecified atom stereocenters. The molecule has 0 spiro atoms. The molecule has 0 aliphatic carbocycles. The van der Waals surface area contributed by atoms with Crippen molar-refractivity contribution in [2.45, 2.75) is 18.2 Å². The van der Waals surface area contributed by atoms with Crippen LogP contribution in [0.4, 0.5) is 4.39 Å². The number of carbonyl (C=O) groups excluding carboxylic acids is 1. The molecule has 1 aromatic carbocycles. The average molecular weight is 449 g/mol. The Hall–Kier alpha value is -3.38. The summed E-state index contributed by atoms with van der Waals surface area (Å²) in [4.78, 5) is 24.4. The first kappa shape index (κ1) is 22.3. The van der Waals surface area contributed by atoms with E-state index < -0.39 is 38.7 Å². The third kappa shape index (κ3) is 3.86. The number of nitrogens with zero attached hydrogens (tertiary/aromatic N) is 4. The zero-order valence-electron chi connectivity index (χ0n) is 16.7. The van der Waals surface area contributed by atoms with Gasteiger partial charge in [0, 0.05) is 24.1 Å². The van der Waals surface area contributed by atoms with Crippen LogP contribution < -0.4 is 10.9 Å². The number of aliphatic hydroxyl groups excluding tert-OH is 1. The number of nitrogens with one attached hydrogen (secondary N) is 1. The average Bonchev–Trinajstić information content (AvgIpc) is 3.25. The molecule has 0 aliphatic heterocycles. The van der Waals surface area contributed by atoms with E-state index in [0.717, 1.165) is 12.3 Å². The molecule has 1 atom stereocenters. The van der Waals surface area contributed by atoms with E-state index in [4.69, 9.17) is 5.11 Å². The van der Waals surface area contributed by atoms with Gasteiger partial charge in [-0.15, -0.1) is 0 Å². The third-order valence-electron chi connectivity index (χ3n) is 4.91. The van der Waals surface area contributed by atoms with Crippen LogP contribution in [0.15, 0.2) is 53.7 Å². The number of carbonyl (C=O) groups is 1. The first-order valence-corrected chi connectivity index (χ1v) is 11.0. The number of amides is 1. The van der Waals surface area contributed by atoms with Gasteiger partial charge in [-0.2, -0.15) is 15.0 Å². The number of aliphatic hydroxyl groups is 1. The maximum atomic E-state index is 15.0. The van der Waals surface area contributed by atoms with Crippen LogP contribution in [0.2, 0.25) is 0 Å². The number of pyridine rings is 1. The number of halogens is 1. The van der Waals surface area contributed by atoms with E-state index in [1.807, 2.05) is 5.32 Å². The van der Waals surface area contributed by atoms with E-state index in [-0.39, 0.29) is 12.0 Å². The highest BCUT2D eigenvalue weighted by atomic mass is 32.2. The summed E-state index contributed by atoms with van der Waals surface area (Å²) >= 11 is 0. The Morgan fingerprint density at radius 1 is 1.23 bits per heavy atom. The summed E-state index contributed by atoms with van der Waals surface area (Å²) in [5, 5.41) is 19.0. The van der Waals surface area contributed by atoms with Gasteiger partial charge in [-0.3, -0.25) is 14.2 Å². The minimum Gasteiger partial charge on any atom is -0.376 e. The van der Waals surface area contributed by atoms with Crippen molar-refractivity contribution in [2.24, 2.45) is 0 Å². The monoisotopic (exact) mass is 449 g/mol. The van der Waals surface area contributed by atoms with Crippen LogP contribution in [-0.4, -0.2) is 52.0 Å². The Bertz CT molecular complexity index is 1260. The lowest BCUT2D eigenvalue weighted by atomic mass is 10.1. The second-order valence-corrected chi connectivity index (χ2v) is 8.90. The van der Waals surface area contributed by atoms with Gasteiger partial charge in [0.15, 0.2) is 9.84 Å². The predicted molar refractivity (Wildman–Crippen MR) is 109 cm³/mol. The second kappa shape index (κ2) is 8.40. The van der Waals surface area contributed by atoms with E-state index in [9.17, 15) is 18.0 Å². The van der Waals surface area contributed by atoms with Gasteiger partial charge in [0.1, 0.15) is 12.5 Å². The van der Waals surface area contributed by atoms with Crippen LogP contribution >= 0.6 is 0 Å². The number of aromatic nitrogens is 4. The molecule has 1 amide bonds. The fourth-order valence-corrected chi connectivity index (χ4v) is 4.83. The molecule has 164 valence electrons. The van der Waals surface area contributed by atoms with Crippen LogP contribution in [0.25, 0.3) is 16.8 Å².